The van der Waals surface area contributed by atoms with Crippen molar-refractivity contribution < 1.29 is 19.1 Å². The van der Waals surface area contributed by atoms with Crippen LogP contribution in [0.5, 0.6) is 0 Å². The van der Waals surface area contributed by atoms with E-state index in [1.54, 1.807) is 6.07 Å². The monoisotopic (exact) mass is 211 g/mol. The molecule has 1 aromatic rings. The van der Waals surface area contributed by atoms with Crippen LogP contribution >= 0.6 is 0 Å². The van der Waals surface area contributed by atoms with Crippen molar-refractivity contribution >= 4 is 11.9 Å². The molecule has 82 valence electrons. The fourth-order valence-corrected chi connectivity index (χ4v) is 1.59. The molecule has 1 aliphatic rings. The van der Waals surface area contributed by atoms with Crippen molar-refractivity contribution in [3.8, 4) is 0 Å². The van der Waals surface area contributed by atoms with Crippen LogP contribution in [0.3, 0.4) is 0 Å². The summed E-state index contributed by atoms with van der Waals surface area (Å²) >= 11 is 0. The summed E-state index contributed by atoms with van der Waals surface area (Å²) in [7, 11) is 0. The molecule has 5 heteroatoms. The highest BCUT2D eigenvalue weighted by molar-refractivity contribution is 5.84. The SMILES string of the molecule is O=C(O)c1ccc(NC2CCCOC2)o1. The Morgan fingerprint density at radius 1 is 1.53 bits per heavy atom. The molecule has 0 aliphatic carbocycles. The van der Waals surface area contributed by atoms with E-state index in [9.17, 15) is 4.79 Å². The van der Waals surface area contributed by atoms with Crippen molar-refractivity contribution in [2.24, 2.45) is 0 Å². The van der Waals surface area contributed by atoms with Crippen molar-refractivity contribution in [3.05, 3.63) is 17.9 Å². The first-order valence-electron chi connectivity index (χ1n) is 4.93. The van der Waals surface area contributed by atoms with Crippen LogP contribution in [0.4, 0.5) is 5.88 Å². The van der Waals surface area contributed by atoms with Gasteiger partial charge in [-0.15, -0.1) is 0 Å². The van der Waals surface area contributed by atoms with Gasteiger partial charge in [-0.3, -0.25) is 0 Å². The van der Waals surface area contributed by atoms with E-state index in [4.69, 9.17) is 14.3 Å². The number of rotatable bonds is 3. The highest BCUT2D eigenvalue weighted by atomic mass is 16.5. The molecule has 1 fully saturated rings. The molecule has 0 amide bonds. The molecule has 1 aliphatic heterocycles. The van der Waals surface area contributed by atoms with Gasteiger partial charge in [0.2, 0.25) is 5.76 Å². The number of aromatic carboxylic acids is 1. The van der Waals surface area contributed by atoms with Gasteiger partial charge in [-0.25, -0.2) is 4.79 Å². The summed E-state index contributed by atoms with van der Waals surface area (Å²) < 4.78 is 10.4. The van der Waals surface area contributed by atoms with Crippen molar-refractivity contribution in [1.82, 2.24) is 0 Å². The number of carboxylic acids is 1. The minimum absolute atomic E-state index is 0.0470. The van der Waals surface area contributed by atoms with Crippen molar-refractivity contribution in [2.45, 2.75) is 18.9 Å². The summed E-state index contributed by atoms with van der Waals surface area (Å²) in [5.41, 5.74) is 0. The van der Waals surface area contributed by atoms with E-state index in [1.165, 1.54) is 6.07 Å². The molecule has 0 aromatic carbocycles. The van der Waals surface area contributed by atoms with Crippen LogP contribution in [0.15, 0.2) is 16.5 Å². The van der Waals surface area contributed by atoms with Gasteiger partial charge in [0.15, 0.2) is 5.88 Å². The Bertz CT molecular complexity index is 341. The lowest BCUT2D eigenvalue weighted by molar-refractivity contribution is 0.0662. The first-order chi connectivity index (χ1) is 7.25. The molecule has 1 aromatic heterocycles. The molecule has 15 heavy (non-hydrogen) atoms. The second-order valence-electron chi connectivity index (χ2n) is 3.53. The Hall–Kier alpha value is -1.49. The third kappa shape index (κ3) is 2.50. The fourth-order valence-electron chi connectivity index (χ4n) is 1.59. The van der Waals surface area contributed by atoms with Crippen LogP contribution in [-0.2, 0) is 4.74 Å². The minimum atomic E-state index is -1.05. The Kier molecular flexibility index (Phi) is 2.91. The third-order valence-corrected chi connectivity index (χ3v) is 2.32. The first-order valence-corrected chi connectivity index (χ1v) is 4.93. The van der Waals surface area contributed by atoms with Crippen molar-refractivity contribution in [2.75, 3.05) is 18.5 Å². The molecule has 0 bridgehead atoms. The molecule has 2 rings (SSSR count). The predicted octanol–water partition coefficient (Wildman–Crippen LogP) is 1.57. The topological polar surface area (TPSA) is 71.7 Å². The highest BCUT2D eigenvalue weighted by Crippen LogP contribution is 2.17. The van der Waals surface area contributed by atoms with E-state index < -0.39 is 5.97 Å². The average Bonchev–Trinajstić information content (AvgIpc) is 2.68. The van der Waals surface area contributed by atoms with E-state index >= 15 is 0 Å². The average molecular weight is 211 g/mol. The second kappa shape index (κ2) is 4.35. The van der Waals surface area contributed by atoms with E-state index in [0.717, 1.165) is 19.4 Å². The zero-order valence-corrected chi connectivity index (χ0v) is 8.23. The van der Waals surface area contributed by atoms with E-state index in [-0.39, 0.29) is 11.8 Å². The van der Waals surface area contributed by atoms with E-state index in [2.05, 4.69) is 5.32 Å². The quantitative estimate of drug-likeness (QED) is 0.794. The first kappa shape index (κ1) is 10.0. The Morgan fingerprint density at radius 2 is 2.40 bits per heavy atom. The number of carboxylic acid groups (broad SMARTS) is 1. The second-order valence-corrected chi connectivity index (χ2v) is 3.53. The number of carbonyl (C=O) groups is 1. The maximum Gasteiger partial charge on any atom is 0.371 e. The predicted molar refractivity (Wildman–Crippen MR) is 53.1 cm³/mol. The Balaban J connectivity index is 1.94. The molecule has 0 radical (unpaired) electrons. The molecule has 1 saturated heterocycles. The van der Waals surface area contributed by atoms with Crippen LogP contribution < -0.4 is 5.32 Å². The molecular weight excluding hydrogens is 198 g/mol. The maximum atomic E-state index is 10.6. The summed E-state index contributed by atoms with van der Waals surface area (Å²) in [5, 5.41) is 11.8. The van der Waals surface area contributed by atoms with Gasteiger partial charge in [0.05, 0.1) is 12.6 Å². The van der Waals surface area contributed by atoms with E-state index in [0.29, 0.717) is 12.5 Å². The smallest absolute Gasteiger partial charge is 0.371 e. The molecular formula is C10H13NO4. The number of furan rings is 1. The normalized spacial score (nSPS) is 21.2. The van der Waals surface area contributed by atoms with Crippen LogP contribution in [0.1, 0.15) is 23.4 Å². The van der Waals surface area contributed by atoms with Crippen LogP contribution in [0, 0.1) is 0 Å². The van der Waals surface area contributed by atoms with Crippen LogP contribution in [0.2, 0.25) is 0 Å². The van der Waals surface area contributed by atoms with Crippen LogP contribution in [-0.4, -0.2) is 30.3 Å². The summed E-state index contributed by atoms with van der Waals surface area (Å²) in [6.07, 6.45) is 2.03. The standard InChI is InChI=1S/C10H13NO4/c12-10(13)8-3-4-9(15-8)11-7-2-1-5-14-6-7/h3-4,7,11H,1-2,5-6H2,(H,12,13). The highest BCUT2D eigenvalue weighted by Gasteiger charge is 2.16. The van der Waals surface area contributed by atoms with Crippen LogP contribution in [0.25, 0.3) is 0 Å². The lowest BCUT2D eigenvalue weighted by Gasteiger charge is -2.22. The van der Waals surface area contributed by atoms with Crippen molar-refractivity contribution in [1.29, 1.82) is 0 Å². The Labute approximate surface area is 87.0 Å². The van der Waals surface area contributed by atoms with Crippen molar-refractivity contribution in [3.63, 3.8) is 0 Å². The zero-order chi connectivity index (χ0) is 10.7. The molecule has 5 nitrogen and oxygen atoms in total. The van der Waals surface area contributed by atoms with Gasteiger partial charge in [0.1, 0.15) is 0 Å². The van der Waals surface area contributed by atoms with Gasteiger partial charge in [-0.1, -0.05) is 0 Å². The summed E-state index contributed by atoms with van der Waals surface area (Å²) in [4.78, 5) is 10.6. The summed E-state index contributed by atoms with van der Waals surface area (Å²) in [5.74, 6) is -0.611. The summed E-state index contributed by atoms with van der Waals surface area (Å²) in [6.45, 7) is 1.44. The molecule has 0 saturated carbocycles. The number of hydrogen-bond donors (Lipinski definition) is 2. The number of nitrogens with one attached hydrogen (secondary N) is 1. The van der Waals surface area contributed by atoms with E-state index in [1.807, 2.05) is 0 Å². The number of ether oxygens (including phenoxy) is 1. The third-order valence-electron chi connectivity index (χ3n) is 2.32. The largest absolute Gasteiger partial charge is 0.475 e. The fraction of sp³-hybridized carbons (Fsp3) is 0.500. The van der Waals surface area contributed by atoms with Gasteiger partial charge < -0.3 is 19.6 Å². The minimum Gasteiger partial charge on any atom is -0.475 e. The number of hydrogen-bond acceptors (Lipinski definition) is 4. The lowest BCUT2D eigenvalue weighted by Crippen LogP contribution is -2.29. The van der Waals surface area contributed by atoms with Gasteiger partial charge in [-0.2, -0.15) is 0 Å². The number of anilines is 1. The Morgan fingerprint density at radius 3 is 3.00 bits per heavy atom. The molecule has 1 unspecified atom stereocenters. The van der Waals surface area contributed by atoms with Gasteiger partial charge in [0.25, 0.3) is 0 Å². The molecule has 2 heterocycles. The zero-order valence-electron chi connectivity index (χ0n) is 8.23. The maximum absolute atomic E-state index is 10.6. The van der Waals surface area contributed by atoms with Gasteiger partial charge >= 0.3 is 5.97 Å². The molecule has 1 atom stereocenters. The lowest BCUT2D eigenvalue weighted by atomic mass is 10.1. The van der Waals surface area contributed by atoms with Gasteiger partial charge in [-0.05, 0) is 18.9 Å². The summed E-state index contributed by atoms with van der Waals surface area (Å²) in [6, 6.07) is 3.28. The van der Waals surface area contributed by atoms with Gasteiger partial charge in [0, 0.05) is 12.7 Å². The molecule has 2 N–H and O–H groups in total. The molecule has 0 spiro atoms.